The van der Waals surface area contributed by atoms with E-state index in [1.165, 1.54) is 19.6 Å². The molecule has 6 N–H and O–H groups in total. The van der Waals surface area contributed by atoms with Crippen LogP contribution in [0.15, 0.2) is 109 Å². The molecule has 6 amide bonds. The third-order valence-corrected chi connectivity index (χ3v) is 13.3. The highest BCUT2D eigenvalue weighted by molar-refractivity contribution is 5.90. The number of halogens is 2. The van der Waals surface area contributed by atoms with E-state index in [0.29, 0.717) is 25.9 Å². The normalized spacial score (nSPS) is 18.6. The highest BCUT2D eigenvalue weighted by atomic mass is 35.5. The lowest BCUT2D eigenvalue weighted by atomic mass is 10.1. The van der Waals surface area contributed by atoms with E-state index >= 15 is 0 Å². The summed E-state index contributed by atoms with van der Waals surface area (Å²) in [7, 11) is 0. The zero-order valence-corrected chi connectivity index (χ0v) is 42.9. The van der Waals surface area contributed by atoms with Gasteiger partial charge in [0.05, 0.1) is 13.1 Å². The smallest absolute Gasteiger partial charge is 0.329 e. The Kier molecular flexibility index (Phi) is 22.4. The van der Waals surface area contributed by atoms with Crippen molar-refractivity contribution in [2.45, 2.75) is 102 Å². The molecule has 0 aromatic heterocycles. The Bertz CT molecular complexity index is 2370. The molecule has 0 saturated carbocycles. The number of hydrogen-bond donors (Lipinski definition) is 4. The highest BCUT2D eigenvalue weighted by Crippen LogP contribution is 2.24. The largest absolute Gasteiger partial charge is 0.459 e. The number of carbonyl (C=O) groups is 8. The second-order valence-electron chi connectivity index (χ2n) is 18.5. The lowest BCUT2D eigenvalue weighted by Crippen LogP contribution is -2.50. The van der Waals surface area contributed by atoms with Gasteiger partial charge in [-0.2, -0.15) is 0 Å². The van der Waals surface area contributed by atoms with Crippen LogP contribution in [0.1, 0.15) is 71.9 Å². The molecule has 4 atom stereocenters. The number of carbonyl (C=O) groups excluding carboxylic acids is 8. The van der Waals surface area contributed by atoms with Crippen molar-refractivity contribution >= 4 is 72.2 Å². The van der Waals surface area contributed by atoms with Gasteiger partial charge in [0.2, 0.25) is 35.4 Å². The number of aryl methyl sites for hydroxylation is 2. The Morgan fingerprint density at radius 3 is 1.20 bits per heavy atom. The molecule has 396 valence electrons. The number of hydrogen-bond acceptors (Lipinski definition) is 12. The van der Waals surface area contributed by atoms with Gasteiger partial charge in [0.15, 0.2) is 0 Å². The molecule has 3 saturated heterocycles. The SMILES string of the molecule is Cl.Cl.NCc1ccc(CCC(=O)N2CC(NC(=O)CN3CCC(=O)N(CC(=O)NC4CC(C(=O)OCc5ccccc5)N(C(=O)CCc5ccc(CN)cc5)C4)CCC3=O)CC2C(=O)OCc2ccccc2)cc1. The first kappa shape index (κ1) is 58.0. The number of esters is 2. The predicted molar refractivity (Wildman–Crippen MR) is 279 cm³/mol. The van der Waals surface area contributed by atoms with E-state index in [-0.39, 0.29) is 128 Å². The highest BCUT2D eigenvalue weighted by Gasteiger charge is 2.43. The predicted octanol–water partition coefficient (Wildman–Crippen LogP) is 3.12. The number of nitrogens with one attached hydrogen (secondary N) is 2. The van der Waals surface area contributed by atoms with Crippen molar-refractivity contribution in [3.05, 3.63) is 143 Å². The van der Waals surface area contributed by atoms with Gasteiger partial charge >= 0.3 is 11.9 Å². The standard InChI is InChI=1S/C54H64N8O10.2ClH/c55-29-39-15-11-37(12-16-39)19-21-51(67)61-31-43(27-45(61)53(69)71-35-41-7-3-1-4-8-41)57-47(63)33-59-25-23-50(66)60(26-24-49(59)65)34-48(64)58-44-28-46(54(70)72-36-42-9-5-2-6-10-42)62(32-44)52(68)22-20-38-13-17-40(30-56)18-14-38;;/h1-18,43-46H,19-36,55-56H2,(H,57,63)(H,58,64);2*1H. The molecule has 3 heterocycles. The van der Waals surface area contributed by atoms with Crippen molar-refractivity contribution in [2.24, 2.45) is 11.5 Å². The summed E-state index contributed by atoms with van der Waals surface area (Å²) in [6, 6.07) is 30.5. The molecule has 20 heteroatoms. The third kappa shape index (κ3) is 16.6. The average Bonchev–Trinajstić information content (AvgIpc) is 4.03. The Morgan fingerprint density at radius 2 is 0.851 bits per heavy atom. The van der Waals surface area contributed by atoms with Crippen molar-refractivity contribution in [1.82, 2.24) is 30.2 Å². The molecule has 4 aromatic rings. The number of amides is 6. The van der Waals surface area contributed by atoms with E-state index in [1.54, 1.807) is 0 Å². The summed E-state index contributed by atoms with van der Waals surface area (Å²) in [5, 5.41) is 5.79. The van der Waals surface area contributed by atoms with Crippen LogP contribution in [0.2, 0.25) is 0 Å². The van der Waals surface area contributed by atoms with Crippen LogP contribution in [-0.4, -0.2) is 130 Å². The molecule has 0 radical (unpaired) electrons. The van der Waals surface area contributed by atoms with Gasteiger partial charge in [0.1, 0.15) is 25.3 Å². The molecule has 0 bridgehead atoms. The van der Waals surface area contributed by atoms with Crippen LogP contribution in [0.5, 0.6) is 0 Å². The summed E-state index contributed by atoms with van der Waals surface area (Å²) in [6.07, 6.45) is 1.03. The third-order valence-electron chi connectivity index (χ3n) is 13.3. The summed E-state index contributed by atoms with van der Waals surface area (Å²) in [5.74, 6) is -3.55. The van der Waals surface area contributed by atoms with Crippen molar-refractivity contribution in [3.63, 3.8) is 0 Å². The van der Waals surface area contributed by atoms with Gasteiger partial charge in [-0.25, -0.2) is 9.59 Å². The van der Waals surface area contributed by atoms with Crippen molar-refractivity contribution in [2.75, 3.05) is 39.3 Å². The van der Waals surface area contributed by atoms with Gasteiger partial charge < -0.3 is 51.2 Å². The van der Waals surface area contributed by atoms with Crippen molar-refractivity contribution in [3.8, 4) is 0 Å². The summed E-state index contributed by atoms with van der Waals surface area (Å²) >= 11 is 0. The number of nitrogens with two attached hydrogens (primary N) is 2. The Hall–Kier alpha value is -6.86. The molecule has 18 nitrogen and oxygen atoms in total. The molecule has 7 rings (SSSR count). The van der Waals surface area contributed by atoms with Crippen LogP contribution in [0.4, 0.5) is 0 Å². The van der Waals surface area contributed by atoms with Crippen LogP contribution in [0.25, 0.3) is 0 Å². The van der Waals surface area contributed by atoms with E-state index in [9.17, 15) is 38.4 Å². The monoisotopic (exact) mass is 1060 g/mol. The van der Waals surface area contributed by atoms with Gasteiger partial charge in [0.25, 0.3) is 0 Å². The number of ether oxygens (including phenoxy) is 2. The first-order valence-corrected chi connectivity index (χ1v) is 24.6. The van der Waals surface area contributed by atoms with Gasteiger partial charge in [-0.05, 0) is 46.2 Å². The first-order chi connectivity index (χ1) is 34.8. The molecule has 0 aliphatic carbocycles. The maximum Gasteiger partial charge on any atom is 0.329 e. The molecule has 3 fully saturated rings. The fourth-order valence-electron chi connectivity index (χ4n) is 9.26. The minimum Gasteiger partial charge on any atom is -0.459 e. The summed E-state index contributed by atoms with van der Waals surface area (Å²) in [5.41, 5.74) is 16.8. The van der Waals surface area contributed by atoms with E-state index in [1.807, 2.05) is 109 Å². The van der Waals surface area contributed by atoms with Crippen LogP contribution >= 0.6 is 24.8 Å². The van der Waals surface area contributed by atoms with Gasteiger partial charge in [-0.1, -0.05) is 109 Å². The Labute approximate surface area is 443 Å². The van der Waals surface area contributed by atoms with E-state index in [2.05, 4.69) is 10.6 Å². The number of likely N-dealkylation sites (tertiary alicyclic amines) is 2. The van der Waals surface area contributed by atoms with Crippen molar-refractivity contribution < 1.29 is 47.8 Å². The second kappa shape index (κ2) is 28.6. The zero-order valence-electron chi connectivity index (χ0n) is 41.3. The Balaban J connectivity index is 0.00000507. The second-order valence-corrected chi connectivity index (χ2v) is 18.5. The quantitative estimate of drug-likeness (QED) is 0.0934. The summed E-state index contributed by atoms with van der Waals surface area (Å²) in [4.78, 5) is 114. The maximum atomic E-state index is 13.7. The van der Waals surface area contributed by atoms with Crippen LogP contribution in [0.3, 0.4) is 0 Å². The van der Waals surface area contributed by atoms with E-state index in [0.717, 1.165) is 33.4 Å². The molecule has 0 spiro atoms. The number of nitrogens with zero attached hydrogens (tertiary/aromatic N) is 4. The summed E-state index contributed by atoms with van der Waals surface area (Å²) in [6.45, 7) is 0.0825. The molecular weight excluding hydrogens is 992 g/mol. The van der Waals surface area contributed by atoms with Gasteiger partial charge in [0, 0.05) is 89.9 Å². The number of rotatable bonds is 20. The molecule has 4 unspecified atom stereocenters. The Morgan fingerprint density at radius 1 is 0.500 bits per heavy atom. The van der Waals surface area contributed by atoms with Crippen molar-refractivity contribution in [1.29, 1.82) is 0 Å². The maximum absolute atomic E-state index is 13.7. The van der Waals surface area contributed by atoms with Gasteiger partial charge in [-0.3, -0.25) is 28.8 Å². The van der Waals surface area contributed by atoms with Crippen LogP contribution in [0, 0.1) is 0 Å². The average molecular weight is 1060 g/mol. The first-order valence-electron chi connectivity index (χ1n) is 24.6. The lowest BCUT2D eigenvalue weighted by Gasteiger charge is -2.30. The molecule has 3 aliphatic heterocycles. The molecule has 4 aromatic carbocycles. The lowest BCUT2D eigenvalue weighted by molar-refractivity contribution is -0.154. The molecule has 74 heavy (non-hydrogen) atoms. The van der Waals surface area contributed by atoms with Gasteiger partial charge in [-0.15, -0.1) is 24.8 Å². The number of benzene rings is 4. The van der Waals surface area contributed by atoms with Crippen LogP contribution in [-0.2, 0) is 87.0 Å². The zero-order chi connectivity index (χ0) is 51.0. The topological polar surface area (TPSA) is 244 Å². The van der Waals surface area contributed by atoms with E-state index < -0.39 is 59.7 Å². The minimum atomic E-state index is -0.941. The fraction of sp³-hybridized carbons (Fsp3) is 0.407. The molecular formula is C54H66Cl2N8O10. The van der Waals surface area contributed by atoms with E-state index in [4.69, 9.17) is 20.9 Å². The minimum absolute atomic E-state index is 0. The van der Waals surface area contributed by atoms with Crippen LogP contribution < -0.4 is 22.1 Å². The summed E-state index contributed by atoms with van der Waals surface area (Å²) < 4.78 is 11.3. The fourth-order valence-corrected chi connectivity index (χ4v) is 9.26. The molecule has 3 aliphatic rings.